The van der Waals surface area contributed by atoms with Crippen LogP contribution in [-0.2, 0) is 22.6 Å². The molecule has 1 aliphatic rings. The van der Waals surface area contributed by atoms with Crippen LogP contribution in [0.5, 0.6) is 0 Å². The lowest BCUT2D eigenvalue weighted by Gasteiger charge is -2.21. The number of likely N-dealkylation sites (N-methyl/N-ethyl adjacent to an activating group) is 1. The van der Waals surface area contributed by atoms with Crippen LogP contribution < -0.4 is 0 Å². The summed E-state index contributed by atoms with van der Waals surface area (Å²) in [5, 5.41) is 16.9. The summed E-state index contributed by atoms with van der Waals surface area (Å²) in [7, 11) is 1.67. The predicted octanol–water partition coefficient (Wildman–Crippen LogP) is 0.806. The molecular weight excluding hydrogens is 392 g/mol. The Bertz CT molecular complexity index is 886. The van der Waals surface area contributed by atoms with Crippen LogP contribution in [0.1, 0.15) is 54.2 Å². The summed E-state index contributed by atoms with van der Waals surface area (Å²) in [4.78, 5) is 42.3. The zero-order valence-electron chi connectivity index (χ0n) is 17.0. The van der Waals surface area contributed by atoms with Gasteiger partial charge in [-0.3, -0.25) is 9.59 Å². The number of hydrogen-bond acceptors (Lipinski definition) is 7. The van der Waals surface area contributed by atoms with Gasteiger partial charge in [0.2, 0.25) is 17.7 Å². The highest BCUT2D eigenvalue weighted by molar-refractivity contribution is 5.85. The molecule has 1 fully saturated rings. The number of carbonyl (C=O) groups excluding carboxylic acids is 2. The van der Waals surface area contributed by atoms with E-state index in [1.54, 1.807) is 13.2 Å². The van der Waals surface area contributed by atoms with E-state index < -0.39 is 5.97 Å². The lowest BCUT2D eigenvalue weighted by molar-refractivity contribution is -0.138. The first-order valence-corrected chi connectivity index (χ1v) is 10.0. The van der Waals surface area contributed by atoms with Crippen LogP contribution >= 0.6 is 0 Å². The molecule has 0 unspecified atom stereocenters. The van der Waals surface area contributed by atoms with E-state index in [2.05, 4.69) is 15.3 Å². The highest BCUT2D eigenvalue weighted by atomic mass is 16.4. The normalized spacial score (nSPS) is 13.6. The van der Waals surface area contributed by atoms with Crippen molar-refractivity contribution in [2.45, 2.75) is 45.1 Å². The van der Waals surface area contributed by atoms with E-state index in [0.29, 0.717) is 19.3 Å². The minimum absolute atomic E-state index is 0.0153. The maximum absolute atomic E-state index is 12.2. The number of aromatic nitrogens is 4. The van der Waals surface area contributed by atoms with Crippen LogP contribution in [0.25, 0.3) is 0 Å². The first-order valence-electron chi connectivity index (χ1n) is 10.0. The van der Waals surface area contributed by atoms with Crippen LogP contribution in [0.3, 0.4) is 0 Å². The van der Waals surface area contributed by atoms with E-state index in [1.165, 1.54) is 9.58 Å². The molecule has 162 valence electrons. The molecule has 3 heterocycles. The number of oxazole rings is 1. The number of carboxylic acid groups (broad SMARTS) is 1. The van der Waals surface area contributed by atoms with E-state index in [9.17, 15) is 14.4 Å². The summed E-state index contributed by atoms with van der Waals surface area (Å²) in [5.74, 6) is -0.934. The fourth-order valence-electron chi connectivity index (χ4n) is 3.28. The molecule has 0 atom stereocenters. The van der Waals surface area contributed by atoms with Gasteiger partial charge in [-0.25, -0.2) is 14.5 Å². The number of carboxylic acids is 1. The molecule has 0 spiro atoms. The van der Waals surface area contributed by atoms with Gasteiger partial charge in [0.05, 0.1) is 12.2 Å². The van der Waals surface area contributed by atoms with Gasteiger partial charge in [0.1, 0.15) is 12.8 Å². The zero-order chi connectivity index (χ0) is 21.5. The van der Waals surface area contributed by atoms with Crippen molar-refractivity contribution >= 4 is 17.8 Å². The average Bonchev–Trinajstić information content (AvgIpc) is 3.47. The lowest BCUT2D eigenvalue weighted by atomic mass is 10.1. The average molecular weight is 418 g/mol. The molecule has 11 nitrogen and oxygen atoms in total. The van der Waals surface area contributed by atoms with Crippen molar-refractivity contribution in [1.29, 1.82) is 0 Å². The van der Waals surface area contributed by atoms with Crippen LogP contribution in [0.2, 0.25) is 0 Å². The third-order valence-electron chi connectivity index (χ3n) is 4.98. The molecule has 2 aromatic rings. The molecular formula is C19H26N6O5. The molecule has 0 aromatic carbocycles. The molecule has 1 saturated heterocycles. The largest absolute Gasteiger partial charge is 0.476 e. The predicted molar refractivity (Wildman–Crippen MR) is 104 cm³/mol. The Morgan fingerprint density at radius 2 is 2.00 bits per heavy atom. The summed E-state index contributed by atoms with van der Waals surface area (Å²) >= 11 is 0. The second kappa shape index (κ2) is 9.99. The molecule has 11 heteroatoms. The maximum atomic E-state index is 12.2. The van der Waals surface area contributed by atoms with Gasteiger partial charge in [-0.05, 0) is 32.1 Å². The molecule has 0 aliphatic carbocycles. The minimum atomic E-state index is -1.15. The molecule has 1 aliphatic heterocycles. The van der Waals surface area contributed by atoms with Crippen molar-refractivity contribution in [2.75, 3.05) is 26.7 Å². The van der Waals surface area contributed by atoms with Crippen molar-refractivity contribution in [3.8, 4) is 0 Å². The number of hydrogen-bond donors (Lipinski definition) is 1. The molecule has 2 amide bonds. The van der Waals surface area contributed by atoms with E-state index in [-0.39, 0.29) is 36.5 Å². The second-order valence-electron chi connectivity index (χ2n) is 7.38. The highest BCUT2D eigenvalue weighted by Gasteiger charge is 2.21. The van der Waals surface area contributed by atoms with Gasteiger partial charge < -0.3 is 19.3 Å². The number of aryl methyl sites for hydroxylation is 1. The third-order valence-corrected chi connectivity index (χ3v) is 4.98. The first-order chi connectivity index (χ1) is 14.4. The van der Waals surface area contributed by atoms with Crippen molar-refractivity contribution < 1.29 is 23.9 Å². The maximum Gasteiger partial charge on any atom is 0.357 e. The quantitative estimate of drug-likeness (QED) is 0.560. The first kappa shape index (κ1) is 21.5. The Hall–Kier alpha value is -3.24. The molecule has 0 bridgehead atoms. The van der Waals surface area contributed by atoms with Crippen molar-refractivity contribution in [3.05, 3.63) is 29.7 Å². The molecule has 0 radical (unpaired) electrons. The van der Waals surface area contributed by atoms with E-state index in [0.717, 1.165) is 44.3 Å². The van der Waals surface area contributed by atoms with E-state index in [1.807, 2.05) is 4.90 Å². The van der Waals surface area contributed by atoms with Crippen molar-refractivity contribution in [2.24, 2.45) is 0 Å². The van der Waals surface area contributed by atoms with Gasteiger partial charge >= 0.3 is 5.97 Å². The SMILES string of the molecule is CN(CC(=O)N1CCCC1)C(=O)CCCCc1cn(Cc2nc(C(=O)O)co2)nn1. The zero-order valence-corrected chi connectivity index (χ0v) is 17.0. The minimum Gasteiger partial charge on any atom is -0.476 e. The van der Waals surface area contributed by atoms with Gasteiger partial charge in [-0.15, -0.1) is 5.10 Å². The Balaban J connectivity index is 1.35. The van der Waals surface area contributed by atoms with Gasteiger partial charge in [0, 0.05) is 32.8 Å². The van der Waals surface area contributed by atoms with Crippen LogP contribution in [0.4, 0.5) is 0 Å². The number of carbonyl (C=O) groups is 3. The summed E-state index contributed by atoms with van der Waals surface area (Å²) < 4.78 is 6.62. The van der Waals surface area contributed by atoms with Gasteiger partial charge in [-0.2, -0.15) is 0 Å². The summed E-state index contributed by atoms with van der Waals surface area (Å²) in [6.45, 7) is 1.91. The fraction of sp³-hybridized carbons (Fsp3) is 0.579. The van der Waals surface area contributed by atoms with E-state index >= 15 is 0 Å². The van der Waals surface area contributed by atoms with Gasteiger partial charge in [0.15, 0.2) is 5.69 Å². The summed E-state index contributed by atoms with van der Waals surface area (Å²) in [5.41, 5.74) is 0.618. The molecule has 30 heavy (non-hydrogen) atoms. The van der Waals surface area contributed by atoms with Gasteiger partial charge in [0.25, 0.3) is 0 Å². The monoisotopic (exact) mass is 418 g/mol. The molecule has 2 aromatic heterocycles. The van der Waals surface area contributed by atoms with Crippen LogP contribution in [0, 0.1) is 0 Å². The van der Waals surface area contributed by atoms with Crippen molar-refractivity contribution in [1.82, 2.24) is 29.8 Å². The van der Waals surface area contributed by atoms with Crippen molar-refractivity contribution in [3.63, 3.8) is 0 Å². The Morgan fingerprint density at radius 3 is 2.70 bits per heavy atom. The molecule has 3 rings (SSSR count). The summed E-state index contributed by atoms with van der Waals surface area (Å²) in [6, 6.07) is 0. The Labute approximate surface area is 173 Å². The Kier molecular flexibility index (Phi) is 7.15. The molecule has 1 N–H and O–H groups in total. The third kappa shape index (κ3) is 5.88. The van der Waals surface area contributed by atoms with Crippen LogP contribution in [0.15, 0.2) is 16.9 Å². The Morgan fingerprint density at radius 1 is 1.23 bits per heavy atom. The smallest absolute Gasteiger partial charge is 0.357 e. The number of likely N-dealkylation sites (tertiary alicyclic amines) is 1. The highest BCUT2D eigenvalue weighted by Crippen LogP contribution is 2.10. The summed E-state index contributed by atoms with van der Waals surface area (Å²) in [6.07, 6.45) is 7.40. The van der Waals surface area contributed by atoms with E-state index in [4.69, 9.17) is 9.52 Å². The number of nitrogens with zero attached hydrogens (tertiary/aromatic N) is 6. The standard InChI is InChI=1S/C19H26N6O5/c1-23(12-18(27)24-8-4-5-9-24)17(26)7-3-2-6-14-10-25(22-21-14)11-16-20-15(13-30-16)19(28)29/h10,13H,2-9,11-12H2,1H3,(H,28,29). The number of unbranched alkanes of at least 4 members (excludes halogenated alkanes) is 1. The second-order valence-corrected chi connectivity index (χ2v) is 7.38. The molecule has 0 saturated carbocycles. The fourth-order valence-corrected chi connectivity index (χ4v) is 3.28. The number of rotatable bonds is 10. The van der Waals surface area contributed by atoms with Crippen LogP contribution in [-0.4, -0.2) is 79.3 Å². The number of amides is 2. The van der Waals surface area contributed by atoms with Gasteiger partial charge in [-0.1, -0.05) is 5.21 Å². The number of aromatic carboxylic acids is 1. The topological polar surface area (TPSA) is 135 Å². The lowest BCUT2D eigenvalue weighted by Crippen LogP contribution is -2.39.